The molecule has 0 atom stereocenters. The van der Waals surface area contributed by atoms with Gasteiger partial charge in [-0.25, -0.2) is 87.8 Å². The zero-order chi connectivity index (χ0) is 46.7. The van der Waals surface area contributed by atoms with Gasteiger partial charge in [0.2, 0.25) is 0 Å². The number of halogens is 23. The molecule has 0 saturated carbocycles. The summed E-state index contributed by atoms with van der Waals surface area (Å²) in [6, 6.07) is 13.1. The third-order valence-electron chi connectivity index (χ3n) is 9.13. The van der Waals surface area contributed by atoms with E-state index in [-0.39, 0.29) is 6.54 Å². The summed E-state index contributed by atoms with van der Waals surface area (Å²) in [6.45, 7) is 0.219. The molecule has 1 nitrogen and oxygen atoms in total. The molecule has 25 heteroatoms. The second-order valence-corrected chi connectivity index (χ2v) is 12.5. The normalized spacial score (nSPS) is 11.9. The Morgan fingerprint density at radius 3 is 0.823 bits per heavy atom. The molecule has 0 amide bonds. The molecule has 328 valence electrons. The zero-order valence-electron chi connectivity index (χ0n) is 29.1. The van der Waals surface area contributed by atoms with Crippen molar-refractivity contribution in [3.63, 3.8) is 0 Å². The lowest BCUT2D eigenvalue weighted by atomic mass is 9.12. The summed E-state index contributed by atoms with van der Waals surface area (Å²) in [5, 5.41) is 0. The lowest BCUT2D eigenvalue weighted by Crippen LogP contribution is -2.81. The van der Waals surface area contributed by atoms with Crippen LogP contribution in [0.25, 0.3) is 0 Å². The number of nitrogens with zero attached hydrogens (tertiary/aromatic N) is 1. The van der Waals surface area contributed by atoms with Crippen LogP contribution >= 0.6 is 0 Å². The van der Waals surface area contributed by atoms with E-state index in [0.29, 0.717) is 0 Å². The van der Waals surface area contributed by atoms with Gasteiger partial charge in [-0.15, -0.1) is 21.9 Å². The standard InChI is InChI=1S/C24BF20.C13H11F3N/c26-5-1(6(27)14(35)21(42)13(5)34)25(2-7(28)15(36)22(43)16(37)8(2)29,3-9(30)17(38)23(44)18(39)10(3)31)4-11(32)19(40)24(45)20(41)12(4)33;14-13(15,16)12-8-4-5-9-17(12)10-11-6-2-1-3-7-11/h;1-9H,10H2/q-1;+1. The van der Waals surface area contributed by atoms with Gasteiger partial charge in [-0.05, 0) is 6.07 Å². The lowest BCUT2D eigenvalue weighted by molar-refractivity contribution is -0.707. The largest absolute Gasteiger partial charge is 0.477 e. The first kappa shape index (κ1) is 46.8. The number of hydrogen-bond acceptors (Lipinski definition) is 0. The van der Waals surface area contributed by atoms with Crippen LogP contribution in [0.4, 0.5) is 101 Å². The Balaban J connectivity index is 0.000000355. The Hall–Kier alpha value is -6.30. The first-order chi connectivity index (χ1) is 28.8. The highest BCUT2D eigenvalue weighted by molar-refractivity contribution is 7.20. The Labute approximate surface area is 328 Å². The zero-order valence-corrected chi connectivity index (χ0v) is 29.1. The van der Waals surface area contributed by atoms with Gasteiger partial charge in [0, 0.05) is 17.7 Å². The number of aromatic nitrogens is 1. The minimum absolute atomic E-state index is 0.219. The highest BCUT2D eigenvalue weighted by Gasteiger charge is 2.52. The van der Waals surface area contributed by atoms with E-state index < -0.39 is 156 Å². The van der Waals surface area contributed by atoms with Gasteiger partial charge in [0.1, 0.15) is 52.7 Å². The van der Waals surface area contributed by atoms with Crippen molar-refractivity contribution in [3.05, 3.63) is 182 Å². The molecular formula is C37H11BF23N. The highest BCUT2D eigenvalue weighted by Crippen LogP contribution is 2.31. The minimum atomic E-state index is -7.22. The van der Waals surface area contributed by atoms with Gasteiger partial charge in [0.05, 0.1) is 0 Å². The van der Waals surface area contributed by atoms with Crippen LogP contribution in [0.2, 0.25) is 0 Å². The first-order valence-corrected chi connectivity index (χ1v) is 16.1. The van der Waals surface area contributed by atoms with Crippen LogP contribution in [0.1, 0.15) is 11.3 Å². The Morgan fingerprint density at radius 2 is 0.565 bits per heavy atom. The van der Waals surface area contributed by atoms with Crippen LogP contribution in [0.15, 0.2) is 54.7 Å². The molecule has 0 bridgehead atoms. The number of rotatable bonds is 6. The molecule has 0 aliphatic carbocycles. The SMILES string of the molecule is FC(F)(F)c1cccc[n+]1Cc1ccccc1.Fc1c(F)c(F)c([B-](c2c(F)c(F)c(F)c(F)c2F)(c2c(F)c(F)c(F)c(F)c2F)c2c(F)c(F)c(F)c(F)c2F)c(F)c1F. The molecule has 1 heterocycles. The van der Waals surface area contributed by atoms with Crippen LogP contribution < -0.4 is 26.4 Å². The van der Waals surface area contributed by atoms with Crippen LogP contribution in [-0.4, -0.2) is 6.15 Å². The third kappa shape index (κ3) is 7.33. The first-order valence-electron chi connectivity index (χ1n) is 16.1. The summed E-state index contributed by atoms with van der Waals surface area (Å²) >= 11 is 0. The molecule has 0 unspecified atom stereocenters. The molecule has 0 aliphatic heterocycles. The maximum Gasteiger partial charge on any atom is 0.477 e. The van der Waals surface area contributed by atoms with Gasteiger partial charge >= 0.3 is 6.18 Å². The van der Waals surface area contributed by atoms with E-state index in [9.17, 15) is 65.9 Å². The predicted octanol–water partition coefficient (Wildman–Crippen LogP) is 8.89. The number of pyridine rings is 1. The van der Waals surface area contributed by atoms with Crippen molar-refractivity contribution >= 4 is 28.0 Å². The van der Waals surface area contributed by atoms with Crippen molar-refractivity contribution in [2.45, 2.75) is 12.7 Å². The fourth-order valence-electron chi connectivity index (χ4n) is 6.53. The molecule has 6 rings (SSSR count). The Kier molecular flexibility index (Phi) is 12.7. The molecule has 0 saturated heterocycles. The molecule has 0 N–H and O–H groups in total. The van der Waals surface area contributed by atoms with Crippen LogP contribution in [0, 0.1) is 116 Å². The summed E-state index contributed by atoms with van der Waals surface area (Å²) in [6.07, 6.45) is -10.1. The molecule has 1 aromatic heterocycles. The van der Waals surface area contributed by atoms with Crippen molar-refractivity contribution < 1.29 is 106 Å². The molecule has 62 heavy (non-hydrogen) atoms. The molecular weight excluding hydrogens is 906 g/mol. The molecule has 0 spiro atoms. The Bertz CT molecular complexity index is 2370. The topological polar surface area (TPSA) is 3.88 Å². The maximum atomic E-state index is 15.4. The molecule has 0 aliphatic rings. The summed E-state index contributed by atoms with van der Waals surface area (Å²) in [5.74, 6) is -71.4. The van der Waals surface area contributed by atoms with E-state index >= 15 is 35.1 Å². The summed E-state index contributed by atoms with van der Waals surface area (Å²) in [7, 11) is 0. The molecule has 6 aromatic rings. The highest BCUT2D eigenvalue weighted by atomic mass is 19.4. The summed E-state index contributed by atoms with van der Waals surface area (Å²) in [4.78, 5) is 0. The van der Waals surface area contributed by atoms with Crippen molar-refractivity contribution in [2.75, 3.05) is 0 Å². The van der Waals surface area contributed by atoms with E-state index in [2.05, 4.69) is 0 Å². The third-order valence-corrected chi connectivity index (χ3v) is 9.13. The van der Waals surface area contributed by atoms with Gasteiger partial charge in [-0.1, -0.05) is 30.3 Å². The monoisotopic (exact) mass is 917 g/mol. The predicted molar refractivity (Wildman–Crippen MR) is 166 cm³/mol. The van der Waals surface area contributed by atoms with E-state index in [1.54, 1.807) is 18.2 Å². The quantitative estimate of drug-likeness (QED) is 0.0518. The van der Waals surface area contributed by atoms with Crippen LogP contribution in [0.5, 0.6) is 0 Å². The lowest BCUT2D eigenvalue weighted by Gasteiger charge is -2.44. The number of alkyl halides is 3. The second kappa shape index (κ2) is 16.9. The second-order valence-electron chi connectivity index (χ2n) is 12.5. The van der Waals surface area contributed by atoms with E-state index in [1.165, 1.54) is 16.8 Å². The van der Waals surface area contributed by atoms with Gasteiger partial charge in [0.25, 0.3) is 5.69 Å². The minimum Gasteiger partial charge on any atom is -0.207 e. The van der Waals surface area contributed by atoms with Crippen molar-refractivity contribution in [1.82, 2.24) is 0 Å². The average Bonchev–Trinajstić information content (AvgIpc) is 3.24. The Morgan fingerprint density at radius 1 is 0.323 bits per heavy atom. The molecule has 5 aromatic carbocycles. The number of benzene rings is 5. The van der Waals surface area contributed by atoms with Crippen molar-refractivity contribution in [2.24, 2.45) is 0 Å². The fraction of sp³-hybridized carbons (Fsp3) is 0.0541. The van der Waals surface area contributed by atoms with E-state index in [1.807, 2.05) is 18.2 Å². The fourth-order valence-corrected chi connectivity index (χ4v) is 6.53. The van der Waals surface area contributed by atoms with Crippen molar-refractivity contribution in [3.8, 4) is 0 Å². The van der Waals surface area contributed by atoms with Crippen LogP contribution in [0.3, 0.4) is 0 Å². The summed E-state index contributed by atoms with van der Waals surface area (Å²) < 4.78 is 333. The molecule has 0 fully saturated rings. The van der Waals surface area contributed by atoms with Gasteiger partial charge in [0.15, 0.2) is 82.5 Å². The maximum absolute atomic E-state index is 15.4. The van der Waals surface area contributed by atoms with Gasteiger partial charge < -0.3 is 0 Å². The van der Waals surface area contributed by atoms with Gasteiger partial charge in [-0.2, -0.15) is 17.7 Å². The average molecular weight is 917 g/mol. The molecule has 0 radical (unpaired) electrons. The van der Waals surface area contributed by atoms with E-state index in [0.717, 1.165) is 11.6 Å². The van der Waals surface area contributed by atoms with E-state index in [4.69, 9.17) is 0 Å². The summed E-state index contributed by atoms with van der Waals surface area (Å²) in [5.41, 5.74) is -14.1. The van der Waals surface area contributed by atoms with Gasteiger partial charge in [-0.3, -0.25) is 0 Å². The number of hydrogen-bond donors (Lipinski definition) is 0. The van der Waals surface area contributed by atoms with Crippen molar-refractivity contribution in [1.29, 1.82) is 0 Å². The smallest absolute Gasteiger partial charge is 0.207 e. The van der Waals surface area contributed by atoms with Crippen LogP contribution in [-0.2, 0) is 12.7 Å².